The predicted molar refractivity (Wildman–Crippen MR) is 194 cm³/mol. The van der Waals surface area contributed by atoms with Crippen molar-refractivity contribution in [3.8, 4) is 28.5 Å². The van der Waals surface area contributed by atoms with Gasteiger partial charge in [-0.05, 0) is 95.8 Å². The molecule has 1 amide bonds. The number of aryl methyl sites for hydroxylation is 1. The zero-order valence-corrected chi connectivity index (χ0v) is 28.3. The van der Waals surface area contributed by atoms with Crippen molar-refractivity contribution in [3.63, 3.8) is 0 Å². The predicted octanol–water partition coefficient (Wildman–Crippen LogP) is 9.00. The smallest absolute Gasteiger partial charge is 0.245 e. The van der Waals surface area contributed by atoms with Crippen molar-refractivity contribution in [2.75, 3.05) is 20.8 Å². The number of fused-ring (bicyclic) bond motifs is 1. The molecule has 0 saturated carbocycles. The molecule has 49 heavy (non-hydrogen) atoms. The maximum atomic E-state index is 12.0. The van der Waals surface area contributed by atoms with Gasteiger partial charge in [0, 0.05) is 30.9 Å². The van der Waals surface area contributed by atoms with Crippen LogP contribution in [0.15, 0.2) is 127 Å². The molecule has 1 aromatic heterocycles. The lowest BCUT2D eigenvalue weighted by molar-refractivity contribution is -0.168. The van der Waals surface area contributed by atoms with Gasteiger partial charge in [0.05, 0.1) is 19.4 Å². The zero-order valence-electron chi connectivity index (χ0n) is 28.3. The fourth-order valence-corrected chi connectivity index (χ4v) is 5.86. The maximum Gasteiger partial charge on any atom is 0.245 e. The molecule has 6 aromatic rings. The number of hydroxylamine groups is 2. The van der Waals surface area contributed by atoms with Crippen LogP contribution in [0.4, 0.5) is 0 Å². The molecule has 0 fully saturated rings. The SMILES string of the molecule is CON(C)C(=O)CCCOc1ccc(Cn2c(-c3ccc(OCc4ccccc4)cc3)c(C)c3cc(OCc4ccccc4)ccc32)cc1. The van der Waals surface area contributed by atoms with E-state index >= 15 is 0 Å². The van der Waals surface area contributed by atoms with Crippen molar-refractivity contribution in [1.82, 2.24) is 9.63 Å². The quantitative estimate of drug-likeness (QED) is 0.0817. The molecule has 0 radical (unpaired) electrons. The summed E-state index contributed by atoms with van der Waals surface area (Å²) in [6.45, 7) is 4.34. The fraction of sp³-hybridized carbons (Fsp3) is 0.214. The second-order valence-corrected chi connectivity index (χ2v) is 12.0. The second-order valence-electron chi connectivity index (χ2n) is 12.0. The molecule has 250 valence electrons. The molecule has 0 aliphatic heterocycles. The summed E-state index contributed by atoms with van der Waals surface area (Å²) >= 11 is 0. The van der Waals surface area contributed by atoms with Gasteiger partial charge in [-0.2, -0.15) is 0 Å². The number of nitrogens with zero attached hydrogens (tertiary/aromatic N) is 2. The summed E-state index contributed by atoms with van der Waals surface area (Å²) in [5, 5.41) is 2.39. The first-order chi connectivity index (χ1) is 24.0. The lowest BCUT2D eigenvalue weighted by Gasteiger charge is -2.14. The highest BCUT2D eigenvalue weighted by Crippen LogP contribution is 2.37. The minimum absolute atomic E-state index is 0.0734. The molecule has 0 bridgehead atoms. The van der Waals surface area contributed by atoms with E-state index in [2.05, 4.69) is 78.2 Å². The highest BCUT2D eigenvalue weighted by atomic mass is 16.7. The van der Waals surface area contributed by atoms with Crippen LogP contribution in [0.5, 0.6) is 17.2 Å². The van der Waals surface area contributed by atoms with Crippen molar-refractivity contribution in [3.05, 3.63) is 150 Å². The van der Waals surface area contributed by atoms with Gasteiger partial charge in [0.15, 0.2) is 0 Å². The van der Waals surface area contributed by atoms with Crippen LogP contribution in [-0.2, 0) is 29.4 Å². The van der Waals surface area contributed by atoms with Gasteiger partial charge < -0.3 is 18.8 Å². The summed E-state index contributed by atoms with van der Waals surface area (Å²) < 4.78 is 20.6. The van der Waals surface area contributed by atoms with Crippen LogP contribution < -0.4 is 14.2 Å². The van der Waals surface area contributed by atoms with Crippen LogP contribution >= 0.6 is 0 Å². The van der Waals surface area contributed by atoms with Crippen LogP contribution in [0.3, 0.4) is 0 Å². The van der Waals surface area contributed by atoms with E-state index in [0.717, 1.165) is 56.1 Å². The molecule has 7 heteroatoms. The van der Waals surface area contributed by atoms with Crippen LogP contribution in [-0.4, -0.2) is 36.3 Å². The van der Waals surface area contributed by atoms with Gasteiger partial charge in [-0.3, -0.25) is 9.63 Å². The van der Waals surface area contributed by atoms with E-state index in [0.29, 0.717) is 39.2 Å². The Hall–Kier alpha value is -5.53. The minimum atomic E-state index is -0.0734. The minimum Gasteiger partial charge on any atom is -0.494 e. The Labute approximate surface area is 288 Å². The van der Waals surface area contributed by atoms with E-state index in [1.807, 2.05) is 60.7 Å². The lowest BCUT2D eigenvalue weighted by Crippen LogP contribution is -2.25. The maximum absolute atomic E-state index is 12.0. The summed E-state index contributed by atoms with van der Waals surface area (Å²) in [6, 6.07) is 43.3. The van der Waals surface area contributed by atoms with E-state index in [1.165, 1.54) is 17.7 Å². The molecule has 0 atom stereocenters. The van der Waals surface area contributed by atoms with Gasteiger partial charge in [-0.1, -0.05) is 72.8 Å². The number of hydrogen-bond acceptors (Lipinski definition) is 5. The molecular formula is C42H42N2O5. The van der Waals surface area contributed by atoms with Gasteiger partial charge in [0.25, 0.3) is 0 Å². The second kappa shape index (κ2) is 16.0. The van der Waals surface area contributed by atoms with E-state index in [9.17, 15) is 4.79 Å². The van der Waals surface area contributed by atoms with Crippen molar-refractivity contribution in [1.29, 1.82) is 0 Å². The van der Waals surface area contributed by atoms with E-state index in [-0.39, 0.29) is 5.91 Å². The highest BCUT2D eigenvalue weighted by Gasteiger charge is 2.18. The summed E-state index contributed by atoms with van der Waals surface area (Å²) in [6.07, 6.45) is 0.976. The third kappa shape index (κ3) is 8.50. The molecule has 0 saturated heterocycles. The number of rotatable bonds is 15. The molecule has 7 nitrogen and oxygen atoms in total. The number of aromatic nitrogens is 1. The first-order valence-corrected chi connectivity index (χ1v) is 16.6. The zero-order chi connectivity index (χ0) is 34.0. The average molecular weight is 655 g/mol. The summed E-state index contributed by atoms with van der Waals surface area (Å²) in [7, 11) is 3.09. The number of ether oxygens (including phenoxy) is 3. The summed E-state index contributed by atoms with van der Waals surface area (Å²) in [5.74, 6) is 2.37. The van der Waals surface area contributed by atoms with E-state index < -0.39 is 0 Å². The highest BCUT2D eigenvalue weighted by molar-refractivity contribution is 5.92. The van der Waals surface area contributed by atoms with Gasteiger partial charge in [0.1, 0.15) is 30.5 Å². The average Bonchev–Trinajstić information content (AvgIpc) is 3.42. The largest absolute Gasteiger partial charge is 0.494 e. The van der Waals surface area contributed by atoms with Gasteiger partial charge in [0.2, 0.25) is 5.91 Å². The Morgan fingerprint density at radius 1 is 0.673 bits per heavy atom. The Kier molecular flexibility index (Phi) is 10.9. The van der Waals surface area contributed by atoms with Gasteiger partial charge in [-0.15, -0.1) is 0 Å². The van der Waals surface area contributed by atoms with Crippen LogP contribution in [0.25, 0.3) is 22.2 Å². The number of carbonyl (C=O) groups excluding carboxylic acids is 1. The standard InChI is InChI=1S/C42H42N2O5/c1-31-39-27-38(49-30-34-13-8-5-9-14-34)24-25-40(39)44(28-32-16-20-36(21-17-32)47-26-10-15-41(45)43(2)46-3)42(31)35-18-22-37(23-19-35)48-29-33-11-6-4-7-12-33/h4-9,11-14,16-25,27H,10,15,26,28-30H2,1-3H3. The van der Waals surface area contributed by atoms with Crippen molar-refractivity contribution >= 4 is 16.8 Å². The first-order valence-electron chi connectivity index (χ1n) is 16.6. The Morgan fingerprint density at radius 2 is 1.24 bits per heavy atom. The molecule has 1 heterocycles. The molecule has 5 aromatic carbocycles. The summed E-state index contributed by atoms with van der Waals surface area (Å²) in [4.78, 5) is 16.9. The van der Waals surface area contributed by atoms with E-state index in [4.69, 9.17) is 19.0 Å². The van der Waals surface area contributed by atoms with Crippen LogP contribution in [0.1, 0.15) is 35.1 Å². The molecule has 0 aliphatic rings. The summed E-state index contributed by atoms with van der Waals surface area (Å²) in [5.41, 5.74) is 7.99. The lowest BCUT2D eigenvalue weighted by atomic mass is 10.1. The number of benzene rings is 5. The molecule has 6 rings (SSSR count). The molecule has 0 unspecified atom stereocenters. The third-order valence-electron chi connectivity index (χ3n) is 8.61. The van der Waals surface area contributed by atoms with Gasteiger partial charge >= 0.3 is 0 Å². The first kappa shape index (κ1) is 33.4. The molecule has 0 aliphatic carbocycles. The Morgan fingerprint density at radius 3 is 1.88 bits per heavy atom. The topological polar surface area (TPSA) is 62.2 Å². The van der Waals surface area contributed by atoms with E-state index in [1.54, 1.807) is 7.05 Å². The third-order valence-corrected chi connectivity index (χ3v) is 8.61. The Bertz CT molecular complexity index is 1950. The monoisotopic (exact) mass is 654 g/mol. The van der Waals surface area contributed by atoms with Crippen LogP contribution in [0, 0.1) is 6.92 Å². The molecule has 0 N–H and O–H groups in total. The molecule has 0 spiro atoms. The number of hydrogen-bond donors (Lipinski definition) is 0. The Balaban J connectivity index is 1.23. The van der Waals surface area contributed by atoms with Crippen LogP contribution in [0.2, 0.25) is 0 Å². The van der Waals surface area contributed by atoms with Gasteiger partial charge in [-0.25, -0.2) is 5.06 Å². The number of amides is 1. The van der Waals surface area contributed by atoms with Crippen molar-refractivity contribution in [2.45, 2.75) is 39.5 Å². The molecular weight excluding hydrogens is 612 g/mol. The fourth-order valence-electron chi connectivity index (χ4n) is 5.86. The normalized spacial score (nSPS) is 11.0. The number of carbonyl (C=O) groups is 1. The van der Waals surface area contributed by atoms with Crippen molar-refractivity contribution in [2.24, 2.45) is 0 Å². The van der Waals surface area contributed by atoms with Crippen molar-refractivity contribution < 1.29 is 23.8 Å².